The molecule has 0 bridgehead atoms. The van der Waals surface area contributed by atoms with Crippen molar-refractivity contribution in [3.05, 3.63) is 78.1 Å². The van der Waals surface area contributed by atoms with Crippen molar-refractivity contribution in [2.75, 3.05) is 37.7 Å². The summed E-state index contributed by atoms with van der Waals surface area (Å²) in [7, 11) is 4.39. The highest BCUT2D eigenvalue weighted by atomic mass is 32.2. The maximum atomic E-state index is 13.5. The van der Waals surface area contributed by atoms with Gasteiger partial charge in [-0.1, -0.05) is 30.0 Å². The van der Waals surface area contributed by atoms with Crippen LogP contribution >= 0.6 is 11.8 Å². The summed E-state index contributed by atoms with van der Waals surface area (Å²) in [4.78, 5) is 33.8. The summed E-state index contributed by atoms with van der Waals surface area (Å²) in [5, 5.41) is 18.1. The molecule has 3 N–H and O–H groups in total. The second-order valence-corrected chi connectivity index (χ2v) is 9.34. The van der Waals surface area contributed by atoms with Gasteiger partial charge in [0.25, 0.3) is 0 Å². The molecule has 0 unspecified atom stereocenters. The zero-order chi connectivity index (χ0) is 30.1. The highest BCUT2D eigenvalue weighted by molar-refractivity contribution is 7.99. The lowest BCUT2D eigenvalue weighted by molar-refractivity contribution is -0.117. The summed E-state index contributed by atoms with van der Waals surface area (Å²) in [6.45, 7) is 0. The number of methoxy groups -OCH3 is 3. The van der Waals surface area contributed by atoms with Crippen LogP contribution in [0.5, 0.6) is 17.2 Å². The largest absolute Gasteiger partial charge is 0.493 e. The summed E-state index contributed by atoms with van der Waals surface area (Å²) in [6, 6.07) is 18.8. The quantitative estimate of drug-likeness (QED) is 0.163. The van der Waals surface area contributed by atoms with E-state index in [4.69, 9.17) is 14.2 Å². The number of aromatic nitrogens is 2. The van der Waals surface area contributed by atoms with Crippen LogP contribution in [0.1, 0.15) is 5.56 Å². The second kappa shape index (κ2) is 13.8. The lowest BCUT2D eigenvalue weighted by Crippen LogP contribution is -2.35. The van der Waals surface area contributed by atoms with Crippen LogP contribution in [0.3, 0.4) is 0 Å². The number of hydrogen-bond donors (Lipinski definition) is 3. The third-order valence-electron chi connectivity index (χ3n) is 5.66. The topological polar surface area (TPSA) is 147 Å². The van der Waals surface area contributed by atoms with Crippen molar-refractivity contribution in [1.82, 2.24) is 15.3 Å². The molecule has 0 radical (unpaired) electrons. The maximum absolute atomic E-state index is 13.5. The average Bonchev–Trinajstić information content (AvgIpc) is 3.00. The molecule has 42 heavy (non-hydrogen) atoms. The van der Waals surface area contributed by atoms with Crippen LogP contribution in [0.25, 0.3) is 11.3 Å². The van der Waals surface area contributed by atoms with Crippen molar-refractivity contribution in [3.63, 3.8) is 0 Å². The molecular weight excluding hydrogens is 563 g/mol. The summed E-state index contributed by atoms with van der Waals surface area (Å²) < 4.78 is 29.8. The number of carbonyl (C=O) groups is 2. The molecule has 214 valence electrons. The molecule has 0 saturated carbocycles. The van der Waals surface area contributed by atoms with Crippen molar-refractivity contribution in [2.45, 2.75) is 5.16 Å². The Morgan fingerprint density at radius 1 is 0.929 bits per heavy atom. The van der Waals surface area contributed by atoms with E-state index in [0.717, 1.165) is 11.8 Å². The average molecular weight is 589 g/mol. The molecule has 0 atom stereocenters. The summed E-state index contributed by atoms with van der Waals surface area (Å²) in [5.74, 6) is -0.0997. The summed E-state index contributed by atoms with van der Waals surface area (Å²) >= 11 is 0.949. The molecule has 4 aromatic rings. The van der Waals surface area contributed by atoms with Gasteiger partial charge in [0, 0.05) is 16.9 Å². The Kier molecular flexibility index (Phi) is 9.75. The van der Waals surface area contributed by atoms with Crippen LogP contribution in [0.2, 0.25) is 0 Å². The van der Waals surface area contributed by atoms with Crippen molar-refractivity contribution in [2.24, 2.45) is 0 Å². The first-order valence-corrected chi connectivity index (χ1v) is 13.3. The fraction of sp³-hybridized carbons (Fsp3) is 0.138. The first-order valence-electron chi connectivity index (χ1n) is 12.3. The predicted molar refractivity (Wildman–Crippen MR) is 156 cm³/mol. The van der Waals surface area contributed by atoms with Crippen molar-refractivity contribution in [3.8, 4) is 34.6 Å². The van der Waals surface area contributed by atoms with Crippen molar-refractivity contribution < 1.29 is 28.2 Å². The number of hydrogen-bond acceptors (Lipinski definition) is 10. The van der Waals surface area contributed by atoms with Gasteiger partial charge < -0.3 is 24.8 Å². The van der Waals surface area contributed by atoms with Gasteiger partial charge in [0.15, 0.2) is 22.5 Å². The van der Waals surface area contributed by atoms with E-state index >= 15 is 0 Å². The van der Waals surface area contributed by atoms with Crippen LogP contribution in [-0.4, -0.2) is 49.0 Å². The number of thioether (sulfide) groups is 1. The summed E-state index contributed by atoms with van der Waals surface area (Å²) in [5.41, 5.74) is 1.72. The van der Waals surface area contributed by atoms with Gasteiger partial charge in [-0.15, -0.1) is 0 Å². The molecule has 13 heteroatoms. The Hall–Kier alpha value is -5.35. The SMILES string of the molecule is COc1cc(-c2nc(SCC(=O)NC(=O)Nc3ccccc3)nc(Nc3ccc(F)cc3)c2C#N)cc(OC)c1OC. The third kappa shape index (κ3) is 7.23. The van der Waals surface area contributed by atoms with E-state index in [2.05, 4.69) is 32.0 Å². The molecular formula is C29H25FN6O5S. The molecule has 3 amide bonds. The molecule has 4 rings (SSSR count). The van der Waals surface area contributed by atoms with Gasteiger partial charge in [-0.3, -0.25) is 10.1 Å². The van der Waals surface area contributed by atoms with Crippen LogP contribution in [0.15, 0.2) is 71.9 Å². The third-order valence-corrected chi connectivity index (χ3v) is 6.51. The number of urea groups is 1. The van der Waals surface area contributed by atoms with Gasteiger partial charge in [-0.2, -0.15) is 5.26 Å². The van der Waals surface area contributed by atoms with Crippen LogP contribution in [0, 0.1) is 17.1 Å². The molecule has 0 fully saturated rings. The lowest BCUT2D eigenvalue weighted by atomic mass is 10.1. The minimum atomic E-state index is -0.690. The van der Waals surface area contributed by atoms with E-state index in [1.807, 2.05) is 0 Å². The van der Waals surface area contributed by atoms with Crippen LogP contribution in [-0.2, 0) is 4.79 Å². The molecule has 0 aliphatic rings. The van der Waals surface area contributed by atoms with Gasteiger partial charge in [-0.25, -0.2) is 19.2 Å². The molecule has 1 aromatic heterocycles. The van der Waals surface area contributed by atoms with Crippen molar-refractivity contribution >= 4 is 40.9 Å². The number of ether oxygens (including phenoxy) is 3. The van der Waals surface area contributed by atoms with E-state index in [0.29, 0.717) is 34.2 Å². The van der Waals surface area contributed by atoms with E-state index in [9.17, 15) is 19.2 Å². The minimum Gasteiger partial charge on any atom is -0.493 e. The van der Waals surface area contributed by atoms with E-state index < -0.39 is 17.8 Å². The Labute approximate surface area is 245 Å². The normalized spacial score (nSPS) is 10.3. The molecule has 11 nitrogen and oxygen atoms in total. The van der Waals surface area contributed by atoms with Crippen LogP contribution < -0.4 is 30.2 Å². The summed E-state index contributed by atoms with van der Waals surface area (Å²) in [6.07, 6.45) is 0. The number of rotatable bonds is 10. The maximum Gasteiger partial charge on any atom is 0.325 e. The Morgan fingerprint density at radius 2 is 1.60 bits per heavy atom. The first-order chi connectivity index (χ1) is 20.3. The molecule has 0 saturated heterocycles. The van der Waals surface area contributed by atoms with Gasteiger partial charge in [-0.05, 0) is 48.5 Å². The van der Waals surface area contributed by atoms with E-state index in [1.165, 1.54) is 45.6 Å². The zero-order valence-electron chi connectivity index (χ0n) is 22.7. The number of nitriles is 1. The Morgan fingerprint density at radius 3 is 2.19 bits per heavy atom. The van der Waals surface area contributed by atoms with Gasteiger partial charge in [0.2, 0.25) is 11.7 Å². The lowest BCUT2D eigenvalue weighted by Gasteiger charge is -2.16. The Balaban J connectivity index is 1.67. The number of halogens is 1. The number of carbonyl (C=O) groups excluding carboxylic acids is 2. The predicted octanol–water partition coefficient (Wildman–Crippen LogP) is 5.36. The molecule has 0 spiro atoms. The molecule has 0 aliphatic carbocycles. The standard InChI is InChI=1S/C29H25FN6O5S/c1-39-22-13-17(14-23(40-2)26(22)41-3)25-21(15-31)27(32-20-11-9-18(30)10-12-20)36-29(35-25)42-16-24(37)34-28(38)33-19-7-5-4-6-8-19/h4-14H,16H2,1-3H3,(H,32,35,36)(H2,33,34,37,38). The number of para-hydroxylation sites is 1. The number of imide groups is 1. The van der Waals surface area contributed by atoms with Crippen molar-refractivity contribution in [1.29, 1.82) is 5.26 Å². The van der Waals surface area contributed by atoms with Gasteiger partial charge in [0.1, 0.15) is 17.4 Å². The number of nitrogens with one attached hydrogen (secondary N) is 3. The zero-order valence-corrected chi connectivity index (χ0v) is 23.5. The van der Waals surface area contributed by atoms with Gasteiger partial charge >= 0.3 is 6.03 Å². The molecule has 0 aliphatic heterocycles. The minimum absolute atomic E-state index is 0.0737. The second-order valence-electron chi connectivity index (χ2n) is 8.39. The number of amides is 3. The smallest absolute Gasteiger partial charge is 0.325 e. The number of anilines is 3. The number of nitrogens with zero attached hydrogens (tertiary/aromatic N) is 3. The molecule has 3 aromatic carbocycles. The van der Waals surface area contributed by atoms with Gasteiger partial charge in [0.05, 0.1) is 32.8 Å². The van der Waals surface area contributed by atoms with E-state index in [-0.39, 0.29) is 28.0 Å². The first kappa shape index (κ1) is 29.6. The van der Waals surface area contributed by atoms with E-state index in [1.54, 1.807) is 42.5 Å². The fourth-order valence-corrected chi connectivity index (χ4v) is 4.42. The highest BCUT2D eigenvalue weighted by Crippen LogP contribution is 2.42. The fourth-order valence-electron chi connectivity index (χ4n) is 3.77. The number of benzene rings is 3. The van der Waals surface area contributed by atoms with Crippen LogP contribution in [0.4, 0.5) is 26.4 Å². The Bertz CT molecular complexity index is 1610. The monoisotopic (exact) mass is 588 g/mol. The molecule has 1 heterocycles. The highest BCUT2D eigenvalue weighted by Gasteiger charge is 2.22.